The maximum Gasteiger partial charge on any atom is 0.133 e. The maximum absolute atomic E-state index is 10.1. The van der Waals surface area contributed by atoms with E-state index < -0.39 is 0 Å². The topological polar surface area (TPSA) is 62.4 Å². The third kappa shape index (κ3) is 2.49. The Morgan fingerprint density at radius 3 is 2.83 bits per heavy atom. The van der Waals surface area contributed by atoms with E-state index in [2.05, 4.69) is 16.8 Å². The number of pyridine rings is 1. The average Bonchev–Trinajstić information content (AvgIpc) is 2.38. The molecule has 1 aromatic rings. The lowest BCUT2D eigenvalue weighted by molar-refractivity contribution is 0.106. The number of nitrogens with two attached hydrogens (primary N) is 1. The van der Waals surface area contributed by atoms with Gasteiger partial charge in [-0.25, -0.2) is 4.98 Å². The lowest BCUT2D eigenvalue weighted by atomic mass is 9.91. The van der Waals surface area contributed by atoms with Crippen LogP contribution in [0.25, 0.3) is 0 Å². The van der Waals surface area contributed by atoms with E-state index in [1.54, 1.807) is 0 Å². The second kappa shape index (κ2) is 5.67. The van der Waals surface area contributed by atoms with Crippen LogP contribution in [0.5, 0.6) is 0 Å². The Kier molecular flexibility index (Phi) is 4.19. The summed E-state index contributed by atoms with van der Waals surface area (Å²) in [6.45, 7) is 2.54. The fourth-order valence-electron chi connectivity index (χ4n) is 2.83. The molecule has 0 saturated heterocycles. The van der Waals surface area contributed by atoms with Gasteiger partial charge in [0, 0.05) is 25.4 Å². The Morgan fingerprint density at radius 1 is 1.44 bits per heavy atom. The number of aromatic nitrogens is 1. The number of hydrogen-bond donors (Lipinski definition) is 2. The summed E-state index contributed by atoms with van der Waals surface area (Å²) >= 11 is 0. The van der Waals surface area contributed by atoms with Crippen LogP contribution in [0.3, 0.4) is 0 Å². The van der Waals surface area contributed by atoms with Crippen molar-refractivity contribution >= 4 is 5.82 Å². The molecule has 4 heteroatoms. The molecule has 0 amide bonds. The quantitative estimate of drug-likeness (QED) is 0.854. The number of hydrogen-bond acceptors (Lipinski definition) is 4. The SMILES string of the molecule is Cc1ccnc(N(C)C2CCCCC2O)c1CN. The van der Waals surface area contributed by atoms with Gasteiger partial charge in [0.2, 0.25) is 0 Å². The highest BCUT2D eigenvalue weighted by molar-refractivity contribution is 5.50. The highest BCUT2D eigenvalue weighted by atomic mass is 16.3. The lowest BCUT2D eigenvalue weighted by Crippen LogP contribution is -2.44. The van der Waals surface area contributed by atoms with Crippen molar-refractivity contribution in [1.82, 2.24) is 4.98 Å². The standard InChI is InChI=1S/C14H23N3O/c1-10-7-8-16-14(11(10)9-15)17(2)12-5-3-4-6-13(12)18/h7-8,12-13,18H,3-6,9,15H2,1-2H3. The van der Waals surface area contributed by atoms with Crippen LogP contribution in [0.15, 0.2) is 12.3 Å². The molecule has 0 aliphatic heterocycles. The molecule has 2 rings (SSSR count). The van der Waals surface area contributed by atoms with Crippen molar-refractivity contribution in [3.63, 3.8) is 0 Å². The maximum atomic E-state index is 10.1. The van der Waals surface area contributed by atoms with E-state index >= 15 is 0 Å². The van der Waals surface area contributed by atoms with Crippen molar-refractivity contribution in [3.8, 4) is 0 Å². The van der Waals surface area contributed by atoms with Crippen LogP contribution in [0.2, 0.25) is 0 Å². The number of aryl methyl sites for hydroxylation is 1. The summed E-state index contributed by atoms with van der Waals surface area (Å²) < 4.78 is 0. The largest absolute Gasteiger partial charge is 0.391 e. The Hall–Kier alpha value is -1.13. The number of likely N-dealkylation sites (N-methyl/N-ethyl adjacent to an activating group) is 1. The molecule has 100 valence electrons. The van der Waals surface area contributed by atoms with Gasteiger partial charge in [0.15, 0.2) is 0 Å². The molecule has 0 bridgehead atoms. The van der Waals surface area contributed by atoms with Gasteiger partial charge in [-0.2, -0.15) is 0 Å². The molecule has 2 unspecified atom stereocenters. The van der Waals surface area contributed by atoms with Crippen molar-refractivity contribution in [2.75, 3.05) is 11.9 Å². The van der Waals surface area contributed by atoms with Gasteiger partial charge in [0.25, 0.3) is 0 Å². The monoisotopic (exact) mass is 249 g/mol. The molecule has 1 heterocycles. The summed E-state index contributed by atoms with van der Waals surface area (Å²) in [6.07, 6.45) is 5.77. The molecule has 0 radical (unpaired) electrons. The summed E-state index contributed by atoms with van der Waals surface area (Å²) in [7, 11) is 2.01. The van der Waals surface area contributed by atoms with Crippen LogP contribution < -0.4 is 10.6 Å². The highest BCUT2D eigenvalue weighted by Gasteiger charge is 2.28. The molecule has 2 atom stereocenters. The van der Waals surface area contributed by atoms with Crippen LogP contribution in [-0.2, 0) is 6.54 Å². The van der Waals surface area contributed by atoms with Gasteiger partial charge in [-0.3, -0.25) is 0 Å². The second-order valence-corrected chi connectivity index (χ2v) is 5.16. The van der Waals surface area contributed by atoms with Gasteiger partial charge in [-0.15, -0.1) is 0 Å². The van der Waals surface area contributed by atoms with Gasteiger partial charge in [0.1, 0.15) is 5.82 Å². The molecule has 1 aliphatic rings. The zero-order valence-corrected chi connectivity index (χ0v) is 11.3. The van der Waals surface area contributed by atoms with E-state index in [1.165, 1.54) is 12.0 Å². The highest BCUT2D eigenvalue weighted by Crippen LogP contribution is 2.28. The predicted octanol–water partition coefficient (Wildman–Crippen LogP) is 1.59. The molecule has 1 fully saturated rings. The van der Waals surface area contributed by atoms with Crippen LogP contribution >= 0.6 is 0 Å². The smallest absolute Gasteiger partial charge is 0.133 e. The van der Waals surface area contributed by atoms with Crippen LogP contribution in [0.4, 0.5) is 5.82 Å². The third-order valence-electron chi connectivity index (χ3n) is 4.00. The average molecular weight is 249 g/mol. The third-order valence-corrected chi connectivity index (χ3v) is 4.00. The first-order valence-corrected chi connectivity index (χ1v) is 6.70. The van der Waals surface area contributed by atoms with Crippen molar-refractivity contribution < 1.29 is 5.11 Å². The lowest BCUT2D eigenvalue weighted by Gasteiger charge is -2.36. The van der Waals surface area contributed by atoms with Gasteiger partial charge in [-0.05, 0) is 31.4 Å². The van der Waals surface area contributed by atoms with Gasteiger partial charge >= 0.3 is 0 Å². The molecule has 4 nitrogen and oxygen atoms in total. The summed E-state index contributed by atoms with van der Waals surface area (Å²) in [5.74, 6) is 0.920. The summed E-state index contributed by atoms with van der Waals surface area (Å²) in [4.78, 5) is 6.56. The van der Waals surface area contributed by atoms with E-state index in [-0.39, 0.29) is 12.1 Å². The van der Waals surface area contributed by atoms with E-state index in [9.17, 15) is 5.11 Å². The van der Waals surface area contributed by atoms with Crippen molar-refractivity contribution in [3.05, 3.63) is 23.4 Å². The molecule has 18 heavy (non-hydrogen) atoms. The first-order chi connectivity index (χ1) is 8.65. The molecule has 3 N–H and O–H groups in total. The number of aliphatic hydroxyl groups excluding tert-OH is 1. The molecular weight excluding hydrogens is 226 g/mol. The minimum atomic E-state index is -0.253. The first-order valence-electron chi connectivity index (χ1n) is 6.70. The Balaban J connectivity index is 2.27. The Labute approximate surface area is 109 Å². The van der Waals surface area contributed by atoms with Crippen molar-refractivity contribution in [2.24, 2.45) is 5.73 Å². The second-order valence-electron chi connectivity index (χ2n) is 5.16. The number of aliphatic hydroxyl groups is 1. The van der Waals surface area contributed by atoms with Gasteiger partial charge in [-0.1, -0.05) is 12.8 Å². The normalized spacial score (nSPS) is 24.0. The Bertz CT molecular complexity index is 408. The predicted molar refractivity (Wildman–Crippen MR) is 73.5 cm³/mol. The molecule has 1 aliphatic carbocycles. The minimum Gasteiger partial charge on any atom is -0.391 e. The van der Waals surface area contributed by atoms with E-state index in [0.717, 1.165) is 30.6 Å². The van der Waals surface area contributed by atoms with E-state index in [1.807, 2.05) is 19.3 Å². The Morgan fingerprint density at radius 2 is 2.17 bits per heavy atom. The molecule has 0 spiro atoms. The van der Waals surface area contributed by atoms with E-state index in [4.69, 9.17) is 5.73 Å². The summed E-state index contributed by atoms with van der Waals surface area (Å²) in [5.41, 5.74) is 8.07. The van der Waals surface area contributed by atoms with Crippen LogP contribution in [-0.4, -0.2) is 29.3 Å². The summed E-state index contributed by atoms with van der Waals surface area (Å²) in [5, 5.41) is 10.1. The minimum absolute atomic E-state index is 0.165. The molecular formula is C14H23N3O. The van der Waals surface area contributed by atoms with Crippen molar-refractivity contribution in [2.45, 2.75) is 51.3 Å². The number of nitrogens with zero attached hydrogens (tertiary/aromatic N) is 2. The van der Waals surface area contributed by atoms with Crippen molar-refractivity contribution in [1.29, 1.82) is 0 Å². The fourth-order valence-corrected chi connectivity index (χ4v) is 2.83. The van der Waals surface area contributed by atoms with Crippen LogP contribution in [0, 0.1) is 6.92 Å². The van der Waals surface area contributed by atoms with Gasteiger partial charge in [0.05, 0.1) is 12.1 Å². The van der Waals surface area contributed by atoms with Gasteiger partial charge < -0.3 is 15.7 Å². The first kappa shape index (κ1) is 13.3. The number of rotatable bonds is 3. The molecule has 0 aromatic carbocycles. The summed E-state index contributed by atoms with van der Waals surface area (Å²) in [6, 6.07) is 2.15. The number of anilines is 1. The fraction of sp³-hybridized carbons (Fsp3) is 0.643. The van der Waals surface area contributed by atoms with E-state index in [0.29, 0.717) is 6.54 Å². The zero-order chi connectivity index (χ0) is 13.1. The molecule has 1 saturated carbocycles. The zero-order valence-electron chi connectivity index (χ0n) is 11.3. The molecule has 1 aromatic heterocycles. The van der Waals surface area contributed by atoms with Crippen LogP contribution in [0.1, 0.15) is 36.8 Å².